The van der Waals surface area contributed by atoms with Crippen LogP contribution < -0.4 is 14.4 Å². The molecule has 4 rings (SSSR count). The number of halogens is 1. The first kappa shape index (κ1) is 25.7. The van der Waals surface area contributed by atoms with Gasteiger partial charge in [-0.1, -0.05) is 18.2 Å². The summed E-state index contributed by atoms with van der Waals surface area (Å²) in [4.78, 5) is 4.50. The highest BCUT2D eigenvalue weighted by molar-refractivity contribution is 7.09. The van der Waals surface area contributed by atoms with Crippen LogP contribution in [0.15, 0.2) is 66.7 Å². The molecule has 0 aliphatic rings. The highest BCUT2D eigenvalue weighted by Crippen LogP contribution is 2.32. The maximum Gasteiger partial charge on any atom is 0.274 e. The van der Waals surface area contributed by atoms with E-state index in [1.165, 1.54) is 11.5 Å². The normalized spacial score (nSPS) is 11.4. The lowest BCUT2D eigenvalue weighted by Crippen LogP contribution is -2.21. The SMILES string of the molecule is Cc1cc(-c2cccc(COc3ccc(-c4cc(OF)ns4)cc3)c2)c(C)cc1OCCC(C)(C)O. The number of aromatic nitrogens is 1. The molecule has 0 aliphatic heterocycles. The summed E-state index contributed by atoms with van der Waals surface area (Å²) < 4.78 is 28.1. The van der Waals surface area contributed by atoms with Crippen LogP contribution in [0.1, 0.15) is 37.0 Å². The number of aliphatic hydroxyl groups is 1. The monoisotopic (exact) mass is 507 g/mol. The molecule has 0 saturated carbocycles. The maximum atomic E-state index is 12.3. The van der Waals surface area contributed by atoms with E-state index in [0.29, 0.717) is 19.6 Å². The zero-order valence-electron chi connectivity index (χ0n) is 20.9. The predicted octanol–water partition coefficient (Wildman–Crippen LogP) is 7.48. The third-order valence-corrected chi connectivity index (χ3v) is 6.66. The summed E-state index contributed by atoms with van der Waals surface area (Å²) in [5.74, 6) is 1.55. The third kappa shape index (κ3) is 6.62. The first-order valence-corrected chi connectivity index (χ1v) is 12.5. The fourth-order valence-electron chi connectivity index (χ4n) is 3.81. The molecule has 5 nitrogen and oxygen atoms in total. The van der Waals surface area contributed by atoms with Crippen LogP contribution in [-0.2, 0) is 6.61 Å². The Morgan fingerprint density at radius 2 is 1.69 bits per heavy atom. The van der Waals surface area contributed by atoms with Crippen molar-refractivity contribution >= 4 is 11.5 Å². The summed E-state index contributed by atoms with van der Waals surface area (Å²) in [6.45, 7) is 8.58. The molecule has 3 aromatic carbocycles. The molecule has 0 radical (unpaired) electrons. The van der Waals surface area contributed by atoms with Crippen LogP contribution in [0.5, 0.6) is 17.4 Å². The van der Waals surface area contributed by atoms with Gasteiger partial charge in [0.15, 0.2) is 0 Å². The summed E-state index contributed by atoms with van der Waals surface area (Å²) in [7, 11) is 0. The predicted molar refractivity (Wildman–Crippen MR) is 141 cm³/mol. The third-order valence-electron chi connectivity index (χ3n) is 5.84. The Kier molecular flexibility index (Phi) is 7.91. The number of hydrogen-bond acceptors (Lipinski definition) is 6. The minimum atomic E-state index is -0.745. The molecule has 1 aromatic heterocycles. The van der Waals surface area contributed by atoms with Crippen LogP contribution in [-0.4, -0.2) is 21.7 Å². The number of aryl methyl sites for hydroxylation is 2. The Balaban J connectivity index is 1.42. The lowest BCUT2D eigenvalue weighted by Gasteiger charge is -2.19. The number of hydrogen-bond donors (Lipinski definition) is 1. The van der Waals surface area contributed by atoms with Crippen molar-refractivity contribution in [3.8, 4) is 38.9 Å². The van der Waals surface area contributed by atoms with Gasteiger partial charge >= 0.3 is 0 Å². The van der Waals surface area contributed by atoms with Gasteiger partial charge in [-0.15, -0.1) is 0 Å². The maximum absolute atomic E-state index is 12.3. The number of rotatable bonds is 10. The van der Waals surface area contributed by atoms with Gasteiger partial charge in [0, 0.05) is 17.0 Å². The minimum Gasteiger partial charge on any atom is -0.493 e. The lowest BCUT2D eigenvalue weighted by atomic mass is 9.96. The lowest BCUT2D eigenvalue weighted by molar-refractivity contribution is -0.0106. The van der Waals surface area contributed by atoms with Crippen LogP contribution in [0.3, 0.4) is 0 Å². The second-order valence-corrected chi connectivity index (χ2v) is 10.3. The molecule has 1 N–H and O–H groups in total. The molecule has 36 heavy (non-hydrogen) atoms. The van der Waals surface area contributed by atoms with Crippen molar-refractivity contribution in [2.24, 2.45) is 0 Å². The van der Waals surface area contributed by atoms with E-state index >= 15 is 0 Å². The van der Waals surface area contributed by atoms with Gasteiger partial charge in [0.1, 0.15) is 18.1 Å². The molecule has 0 aliphatic carbocycles. The molecule has 4 aromatic rings. The first-order valence-electron chi connectivity index (χ1n) is 11.8. The minimum absolute atomic E-state index is 0.0338. The molecule has 0 amide bonds. The molecule has 1 heterocycles. The van der Waals surface area contributed by atoms with Crippen molar-refractivity contribution in [1.29, 1.82) is 0 Å². The van der Waals surface area contributed by atoms with Crippen molar-refractivity contribution in [1.82, 2.24) is 4.37 Å². The zero-order chi connectivity index (χ0) is 25.7. The molecular weight excluding hydrogens is 477 g/mol. The molecular formula is C29H30FNO4S. The summed E-state index contributed by atoms with van der Waals surface area (Å²) >= 11 is 1.18. The molecule has 0 atom stereocenters. The molecule has 188 valence electrons. The number of ether oxygens (including phenoxy) is 2. The summed E-state index contributed by atoms with van der Waals surface area (Å²) in [6, 6.07) is 21.7. The molecule has 0 fully saturated rings. The van der Waals surface area contributed by atoms with Gasteiger partial charge in [-0.25, -0.2) is 0 Å². The fraction of sp³-hybridized carbons (Fsp3) is 0.276. The van der Waals surface area contributed by atoms with Gasteiger partial charge < -0.3 is 14.6 Å². The van der Waals surface area contributed by atoms with Gasteiger partial charge in [0.05, 0.1) is 17.1 Å². The zero-order valence-corrected chi connectivity index (χ0v) is 21.7. The van der Waals surface area contributed by atoms with Crippen LogP contribution in [0.2, 0.25) is 0 Å². The van der Waals surface area contributed by atoms with E-state index in [1.54, 1.807) is 19.9 Å². The fourth-order valence-corrected chi connectivity index (χ4v) is 4.47. The van der Waals surface area contributed by atoms with E-state index < -0.39 is 5.60 Å². The Morgan fingerprint density at radius 1 is 0.917 bits per heavy atom. The standard InChI is InChI=1S/C29H30FNO4S/c1-19-15-26(33-13-12-29(3,4)32)20(2)14-25(19)23-7-5-6-21(16-23)18-34-24-10-8-22(9-11-24)27-17-28(35-30)31-36-27/h5-11,14-17,32H,12-13,18H2,1-4H3. The van der Waals surface area contributed by atoms with Crippen LogP contribution in [0, 0.1) is 13.8 Å². The molecule has 0 saturated heterocycles. The molecule has 0 bridgehead atoms. The summed E-state index contributed by atoms with van der Waals surface area (Å²) in [5, 5.41) is 9.92. The quantitative estimate of drug-likeness (QED) is 0.241. The van der Waals surface area contributed by atoms with E-state index in [2.05, 4.69) is 40.5 Å². The van der Waals surface area contributed by atoms with Gasteiger partial charge in [0.25, 0.3) is 5.88 Å². The second-order valence-electron chi connectivity index (χ2n) is 9.46. The highest BCUT2D eigenvalue weighted by Gasteiger charge is 2.14. The van der Waals surface area contributed by atoms with Crippen molar-refractivity contribution in [2.75, 3.05) is 6.61 Å². The van der Waals surface area contributed by atoms with E-state index in [0.717, 1.165) is 49.8 Å². The summed E-state index contributed by atoms with van der Waals surface area (Å²) in [6.07, 6.45) is 0.568. The topological polar surface area (TPSA) is 60.8 Å². The van der Waals surface area contributed by atoms with E-state index in [9.17, 15) is 9.63 Å². The molecule has 7 heteroatoms. The van der Waals surface area contributed by atoms with Crippen molar-refractivity contribution in [2.45, 2.75) is 46.3 Å². The first-order chi connectivity index (χ1) is 17.2. The van der Waals surface area contributed by atoms with Crippen molar-refractivity contribution in [3.05, 3.63) is 83.4 Å². The van der Waals surface area contributed by atoms with E-state index in [-0.39, 0.29) is 5.88 Å². The van der Waals surface area contributed by atoms with Gasteiger partial charge in [-0.05, 0) is 115 Å². The highest BCUT2D eigenvalue weighted by atomic mass is 32.1. The van der Waals surface area contributed by atoms with E-state index in [4.69, 9.17) is 9.47 Å². The Morgan fingerprint density at radius 3 is 2.39 bits per heavy atom. The van der Waals surface area contributed by atoms with Crippen molar-refractivity contribution in [3.63, 3.8) is 0 Å². The van der Waals surface area contributed by atoms with Crippen molar-refractivity contribution < 1.29 is 24.0 Å². The molecule has 0 spiro atoms. The Labute approximate surface area is 215 Å². The number of nitrogens with zero attached hydrogens (tertiary/aromatic N) is 1. The molecule has 0 unspecified atom stereocenters. The smallest absolute Gasteiger partial charge is 0.274 e. The van der Waals surface area contributed by atoms with Crippen LogP contribution >= 0.6 is 11.5 Å². The number of benzene rings is 3. The Hall–Kier alpha value is -3.42. The van der Waals surface area contributed by atoms with Gasteiger partial charge in [-0.3, -0.25) is 4.94 Å². The van der Waals surface area contributed by atoms with Gasteiger partial charge in [0.2, 0.25) is 0 Å². The second kappa shape index (κ2) is 11.1. The average Bonchev–Trinajstić information content (AvgIpc) is 3.34. The largest absolute Gasteiger partial charge is 0.493 e. The summed E-state index contributed by atoms with van der Waals surface area (Å²) in [5.41, 5.74) is 5.68. The van der Waals surface area contributed by atoms with Crippen LogP contribution in [0.25, 0.3) is 21.6 Å². The van der Waals surface area contributed by atoms with E-state index in [1.807, 2.05) is 43.3 Å². The Bertz CT molecular complexity index is 1310. The average molecular weight is 508 g/mol. The van der Waals surface area contributed by atoms with Crippen LogP contribution in [0.4, 0.5) is 4.53 Å². The van der Waals surface area contributed by atoms with Gasteiger partial charge in [-0.2, -0.15) is 4.37 Å².